The SMILES string of the molecule is COc1ccc(C(O)(c2ccc3c(c2)C(c2cccc(Cl)c2)n2nnnc2N3CC2CC2)c2cncn2C)cc1. The number of tetrazole rings is 1. The number of rotatable bonds is 7. The third kappa shape index (κ3) is 3.96. The second-order valence-electron chi connectivity index (χ2n) is 10.5. The predicted octanol–water partition coefficient (Wildman–Crippen LogP) is 4.85. The zero-order chi connectivity index (χ0) is 27.4. The molecule has 10 heteroatoms. The van der Waals surface area contributed by atoms with Gasteiger partial charge in [0.15, 0.2) is 5.60 Å². The van der Waals surface area contributed by atoms with Crippen molar-refractivity contribution in [1.29, 1.82) is 0 Å². The first kappa shape index (κ1) is 24.8. The fourth-order valence-electron chi connectivity index (χ4n) is 5.75. The molecular formula is C30H28ClN7O2. The summed E-state index contributed by atoms with van der Waals surface area (Å²) < 4.78 is 9.09. The van der Waals surface area contributed by atoms with Gasteiger partial charge in [-0.25, -0.2) is 4.98 Å². The number of anilines is 2. The molecule has 5 aromatic rings. The summed E-state index contributed by atoms with van der Waals surface area (Å²) in [6.45, 7) is 0.833. The van der Waals surface area contributed by atoms with E-state index in [-0.39, 0.29) is 6.04 Å². The van der Waals surface area contributed by atoms with Gasteiger partial charge in [0.2, 0.25) is 0 Å². The monoisotopic (exact) mass is 553 g/mol. The van der Waals surface area contributed by atoms with E-state index >= 15 is 0 Å². The summed E-state index contributed by atoms with van der Waals surface area (Å²) in [6, 6.07) is 21.1. The summed E-state index contributed by atoms with van der Waals surface area (Å²) in [5.41, 5.74) is 3.51. The highest BCUT2D eigenvalue weighted by atomic mass is 35.5. The van der Waals surface area contributed by atoms with E-state index < -0.39 is 5.60 Å². The van der Waals surface area contributed by atoms with Crippen molar-refractivity contribution >= 4 is 23.2 Å². The zero-order valence-electron chi connectivity index (χ0n) is 22.1. The van der Waals surface area contributed by atoms with Gasteiger partial charge < -0.3 is 19.3 Å². The Bertz CT molecular complexity index is 1690. The first-order valence-electron chi connectivity index (χ1n) is 13.3. The summed E-state index contributed by atoms with van der Waals surface area (Å²) in [4.78, 5) is 6.53. The maximum Gasteiger partial charge on any atom is 0.250 e. The molecule has 0 bridgehead atoms. The van der Waals surface area contributed by atoms with E-state index in [1.807, 2.05) is 70.9 Å². The fourth-order valence-corrected chi connectivity index (χ4v) is 5.95. The van der Waals surface area contributed by atoms with Crippen molar-refractivity contribution in [3.63, 3.8) is 0 Å². The van der Waals surface area contributed by atoms with Crippen molar-refractivity contribution in [3.8, 4) is 5.75 Å². The molecule has 1 fully saturated rings. The van der Waals surface area contributed by atoms with Gasteiger partial charge in [0.25, 0.3) is 5.95 Å². The third-order valence-electron chi connectivity index (χ3n) is 7.99. The van der Waals surface area contributed by atoms with Crippen LogP contribution in [0.3, 0.4) is 0 Å². The lowest BCUT2D eigenvalue weighted by Crippen LogP contribution is -2.34. The molecule has 2 aromatic heterocycles. The molecule has 9 nitrogen and oxygen atoms in total. The topological polar surface area (TPSA) is 94.1 Å². The second-order valence-corrected chi connectivity index (χ2v) is 11.0. The van der Waals surface area contributed by atoms with Gasteiger partial charge in [-0.2, -0.15) is 4.68 Å². The minimum Gasteiger partial charge on any atom is -0.497 e. The molecule has 1 aliphatic carbocycles. The number of benzene rings is 3. The number of ether oxygens (including phenoxy) is 1. The van der Waals surface area contributed by atoms with Crippen LogP contribution in [0.25, 0.3) is 0 Å². The maximum absolute atomic E-state index is 12.7. The molecule has 40 heavy (non-hydrogen) atoms. The minimum absolute atomic E-state index is 0.333. The lowest BCUT2D eigenvalue weighted by molar-refractivity contribution is 0.117. The normalized spacial score (nSPS) is 17.7. The minimum atomic E-state index is -1.49. The Hall–Kier alpha value is -4.21. The number of fused-ring (bicyclic) bond motifs is 2. The summed E-state index contributed by atoms with van der Waals surface area (Å²) in [6.07, 6.45) is 5.79. The van der Waals surface area contributed by atoms with Gasteiger partial charge >= 0.3 is 0 Å². The van der Waals surface area contributed by atoms with Crippen LogP contribution in [-0.2, 0) is 12.6 Å². The summed E-state index contributed by atoms with van der Waals surface area (Å²) >= 11 is 6.46. The molecule has 0 saturated heterocycles. The standard InChI is InChI=1S/C30H28ClN7O2/c1-36-18-32-16-27(36)30(39,21-8-11-24(40-2)12-9-21)22-10-13-26-25(15-22)28(20-4-3-5-23(31)14-20)38-29(33-34-35-38)37(26)17-19-6-7-19/h3-5,8-16,18-19,28,39H,6-7,17H2,1-2H3. The van der Waals surface area contributed by atoms with Gasteiger partial charge in [-0.3, -0.25) is 0 Å². The van der Waals surface area contributed by atoms with Crippen molar-refractivity contribution < 1.29 is 9.84 Å². The van der Waals surface area contributed by atoms with E-state index in [1.165, 1.54) is 12.8 Å². The lowest BCUT2D eigenvalue weighted by atomic mass is 9.81. The highest BCUT2D eigenvalue weighted by Gasteiger charge is 2.41. The summed E-state index contributed by atoms with van der Waals surface area (Å²) in [5.74, 6) is 2.02. The number of aromatic nitrogens is 6. The smallest absolute Gasteiger partial charge is 0.250 e. The van der Waals surface area contributed by atoms with Gasteiger partial charge in [-0.1, -0.05) is 47.0 Å². The van der Waals surface area contributed by atoms with Crippen molar-refractivity contribution in [3.05, 3.63) is 112 Å². The van der Waals surface area contributed by atoms with Crippen LogP contribution in [0.4, 0.5) is 11.6 Å². The molecule has 0 spiro atoms. The van der Waals surface area contributed by atoms with E-state index in [9.17, 15) is 5.11 Å². The van der Waals surface area contributed by atoms with Crippen LogP contribution < -0.4 is 9.64 Å². The molecule has 1 N–H and O–H groups in total. The average Bonchev–Trinajstić information content (AvgIpc) is 3.47. The van der Waals surface area contributed by atoms with E-state index in [0.717, 1.165) is 23.4 Å². The van der Waals surface area contributed by atoms with Crippen molar-refractivity contribution in [2.75, 3.05) is 18.6 Å². The number of methoxy groups -OCH3 is 1. The largest absolute Gasteiger partial charge is 0.497 e. The van der Waals surface area contributed by atoms with Crippen molar-refractivity contribution in [1.82, 2.24) is 29.8 Å². The first-order valence-corrected chi connectivity index (χ1v) is 13.6. The lowest BCUT2D eigenvalue weighted by Gasteiger charge is -2.37. The fraction of sp³-hybridized carbons (Fsp3) is 0.267. The van der Waals surface area contributed by atoms with E-state index in [0.29, 0.717) is 39.5 Å². The van der Waals surface area contributed by atoms with Gasteiger partial charge in [-0.05, 0) is 82.3 Å². The molecule has 3 heterocycles. The highest BCUT2D eigenvalue weighted by Crippen LogP contribution is 2.47. The molecule has 0 radical (unpaired) electrons. The molecule has 1 saturated carbocycles. The van der Waals surface area contributed by atoms with E-state index in [2.05, 4.69) is 37.5 Å². The van der Waals surface area contributed by atoms with E-state index in [1.54, 1.807) is 19.6 Å². The molecule has 202 valence electrons. The predicted molar refractivity (Wildman–Crippen MR) is 151 cm³/mol. The van der Waals surface area contributed by atoms with Crippen LogP contribution in [-0.4, -0.2) is 48.5 Å². The van der Waals surface area contributed by atoms with Crippen LogP contribution in [0.15, 0.2) is 79.3 Å². The van der Waals surface area contributed by atoms with Crippen LogP contribution in [0, 0.1) is 5.92 Å². The van der Waals surface area contributed by atoms with E-state index in [4.69, 9.17) is 16.3 Å². The zero-order valence-corrected chi connectivity index (χ0v) is 22.9. The Morgan fingerprint density at radius 3 is 2.55 bits per heavy atom. The number of aryl methyl sites for hydroxylation is 1. The Balaban J connectivity index is 1.46. The molecule has 7 rings (SSSR count). The maximum atomic E-state index is 12.7. The molecular weight excluding hydrogens is 526 g/mol. The number of aliphatic hydroxyl groups is 1. The number of halogens is 1. The Morgan fingerprint density at radius 2 is 1.85 bits per heavy atom. The Kier molecular flexibility index (Phi) is 5.87. The van der Waals surface area contributed by atoms with Gasteiger partial charge in [0.1, 0.15) is 11.8 Å². The van der Waals surface area contributed by atoms with Crippen LogP contribution in [0.2, 0.25) is 5.02 Å². The highest BCUT2D eigenvalue weighted by molar-refractivity contribution is 6.30. The van der Waals surface area contributed by atoms with Crippen LogP contribution >= 0.6 is 11.6 Å². The molecule has 3 aromatic carbocycles. The molecule has 2 unspecified atom stereocenters. The number of imidazole rings is 1. The Labute approximate surface area is 236 Å². The molecule has 0 amide bonds. The molecule has 1 aliphatic heterocycles. The van der Waals surface area contributed by atoms with Gasteiger partial charge in [0, 0.05) is 29.9 Å². The van der Waals surface area contributed by atoms with Crippen LogP contribution in [0.5, 0.6) is 5.75 Å². The molecule has 2 atom stereocenters. The summed E-state index contributed by atoms with van der Waals surface area (Å²) in [5, 5.41) is 26.2. The summed E-state index contributed by atoms with van der Waals surface area (Å²) in [7, 11) is 3.51. The third-order valence-corrected chi connectivity index (χ3v) is 8.22. The number of nitrogens with zero attached hydrogens (tertiary/aromatic N) is 7. The van der Waals surface area contributed by atoms with Gasteiger partial charge in [-0.15, -0.1) is 0 Å². The molecule has 2 aliphatic rings. The number of hydrogen-bond acceptors (Lipinski definition) is 7. The van der Waals surface area contributed by atoms with Gasteiger partial charge in [0.05, 0.1) is 25.3 Å². The quantitative estimate of drug-likeness (QED) is 0.308. The average molecular weight is 554 g/mol. The van der Waals surface area contributed by atoms with Crippen LogP contribution in [0.1, 0.15) is 46.8 Å². The number of hydrogen-bond donors (Lipinski definition) is 1. The Morgan fingerprint density at radius 1 is 1.05 bits per heavy atom. The van der Waals surface area contributed by atoms with Crippen molar-refractivity contribution in [2.45, 2.75) is 24.5 Å². The second kappa shape index (κ2) is 9.46. The van der Waals surface area contributed by atoms with Crippen molar-refractivity contribution in [2.24, 2.45) is 13.0 Å². The first-order chi connectivity index (χ1) is 19.5.